The van der Waals surface area contributed by atoms with Crippen molar-refractivity contribution in [2.75, 3.05) is 6.61 Å². The van der Waals surface area contributed by atoms with Crippen LogP contribution in [0.15, 0.2) is 60.8 Å². The van der Waals surface area contributed by atoms with Gasteiger partial charge in [-0.3, -0.25) is 9.59 Å². The number of allylic oxidation sites excluding steroid dienone is 10. The van der Waals surface area contributed by atoms with Gasteiger partial charge in [0.1, 0.15) is 6.10 Å². The number of carbonyl (C=O) groups excluding carboxylic acids is 2. The minimum atomic E-state index is -0.801. The van der Waals surface area contributed by atoms with Crippen molar-refractivity contribution in [1.29, 1.82) is 0 Å². The lowest BCUT2D eigenvalue weighted by Gasteiger charge is -2.24. The highest BCUT2D eigenvalue weighted by Gasteiger charge is 2.24. The van der Waals surface area contributed by atoms with Gasteiger partial charge in [0.15, 0.2) is 0 Å². The van der Waals surface area contributed by atoms with Gasteiger partial charge < -0.3 is 20.3 Å². The van der Waals surface area contributed by atoms with Crippen LogP contribution in [0.2, 0.25) is 0 Å². The first kappa shape index (κ1) is 66.6. The smallest absolute Gasteiger partial charge is 0.306 e. The lowest BCUT2D eigenvalue weighted by Crippen LogP contribution is -2.46. The second-order valence-corrected chi connectivity index (χ2v) is 20.5. The standard InChI is InChI=1S/C63H115NO5/c1-4-7-10-13-16-19-22-25-28-30-31-32-35-38-41-44-47-50-53-56-63(68)69-59(54-51-48-45-42-39-36-34-29-26-23-20-17-14-11-8-5-2)57-62(67)64-60(58-65)61(66)55-52-49-46-43-40-37-33-27-24-21-18-15-12-9-6-3/h11,14,17,20,23,26,29,34,36,39,59-61,65-66H,4-10,12-13,15-16,18-19,21-22,24-25,27-28,30-33,35,37-38,40-58H2,1-3H3,(H,64,67)/b14-11+,20-17+,26-23+,34-29+,39-36+. The van der Waals surface area contributed by atoms with E-state index in [1.807, 2.05) is 30.4 Å². The molecule has 0 saturated heterocycles. The first-order chi connectivity index (χ1) is 34.0. The summed E-state index contributed by atoms with van der Waals surface area (Å²) in [5.74, 6) is -0.503. The van der Waals surface area contributed by atoms with Gasteiger partial charge in [-0.15, -0.1) is 0 Å². The Bertz CT molecular complexity index is 1220. The van der Waals surface area contributed by atoms with Crippen LogP contribution >= 0.6 is 0 Å². The van der Waals surface area contributed by atoms with Crippen LogP contribution in [0.3, 0.4) is 0 Å². The minimum absolute atomic E-state index is 0.0511. The number of esters is 1. The fraction of sp³-hybridized carbons (Fsp3) is 0.810. The molecule has 3 atom stereocenters. The number of unbranched alkanes of at least 4 members (excludes halogenated alkanes) is 36. The maximum absolute atomic E-state index is 13.3. The molecule has 0 aromatic rings. The van der Waals surface area contributed by atoms with Crippen LogP contribution in [0.5, 0.6) is 0 Å². The zero-order chi connectivity index (χ0) is 50.2. The van der Waals surface area contributed by atoms with E-state index in [1.54, 1.807) is 0 Å². The van der Waals surface area contributed by atoms with Crippen molar-refractivity contribution in [2.24, 2.45) is 0 Å². The summed E-state index contributed by atoms with van der Waals surface area (Å²) in [4.78, 5) is 26.3. The van der Waals surface area contributed by atoms with Crippen molar-refractivity contribution in [1.82, 2.24) is 5.32 Å². The molecule has 0 fully saturated rings. The van der Waals surface area contributed by atoms with E-state index in [4.69, 9.17) is 4.74 Å². The second kappa shape index (κ2) is 56.5. The number of aliphatic hydroxyl groups excluding tert-OH is 2. The zero-order valence-corrected chi connectivity index (χ0v) is 45.9. The third kappa shape index (κ3) is 51.7. The number of nitrogens with one attached hydrogen (secondary N) is 1. The Morgan fingerprint density at radius 3 is 1.17 bits per heavy atom. The molecule has 69 heavy (non-hydrogen) atoms. The predicted octanol–water partition coefficient (Wildman–Crippen LogP) is 18.7. The lowest BCUT2D eigenvalue weighted by atomic mass is 10.0. The number of aliphatic hydroxyl groups is 2. The summed E-state index contributed by atoms with van der Waals surface area (Å²) in [7, 11) is 0. The summed E-state index contributed by atoms with van der Waals surface area (Å²) in [6, 6.07) is -0.717. The molecule has 0 aliphatic heterocycles. The van der Waals surface area contributed by atoms with Crippen molar-refractivity contribution in [2.45, 2.75) is 322 Å². The highest BCUT2D eigenvalue weighted by atomic mass is 16.5. The molecule has 0 heterocycles. The number of ether oxygens (including phenoxy) is 1. The van der Waals surface area contributed by atoms with Crippen molar-refractivity contribution in [3.8, 4) is 0 Å². The quantitative estimate of drug-likeness (QED) is 0.0321. The normalized spacial score (nSPS) is 13.5. The Hall–Kier alpha value is -2.44. The molecule has 6 heteroatoms. The van der Waals surface area contributed by atoms with Crippen molar-refractivity contribution < 1.29 is 24.5 Å². The van der Waals surface area contributed by atoms with E-state index in [2.05, 4.69) is 56.5 Å². The van der Waals surface area contributed by atoms with Crippen LogP contribution < -0.4 is 5.32 Å². The summed E-state index contributed by atoms with van der Waals surface area (Å²) < 4.78 is 5.96. The third-order valence-corrected chi connectivity index (χ3v) is 13.7. The summed E-state index contributed by atoms with van der Waals surface area (Å²) in [5, 5.41) is 23.9. The van der Waals surface area contributed by atoms with Gasteiger partial charge in [-0.25, -0.2) is 0 Å². The van der Waals surface area contributed by atoms with Gasteiger partial charge in [0, 0.05) is 6.42 Å². The molecule has 402 valence electrons. The lowest BCUT2D eigenvalue weighted by molar-refractivity contribution is -0.151. The minimum Gasteiger partial charge on any atom is -0.462 e. The largest absolute Gasteiger partial charge is 0.462 e. The molecule has 0 rings (SSSR count). The summed E-state index contributed by atoms with van der Waals surface area (Å²) in [5.41, 5.74) is 0. The molecule has 6 nitrogen and oxygen atoms in total. The molecule has 0 radical (unpaired) electrons. The molecule has 0 aromatic heterocycles. The molecule has 1 amide bonds. The molecule has 3 unspecified atom stereocenters. The first-order valence-corrected chi connectivity index (χ1v) is 30.1. The Morgan fingerprint density at radius 1 is 0.420 bits per heavy atom. The first-order valence-electron chi connectivity index (χ1n) is 30.1. The van der Waals surface area contributed by atoms with Gasteiger partial charge in [-0.2, -0.15) is 0 Å². The van der Waals surface area contributed by atoms with Crippen molar-refractivity contribution >= 4 is 11.9 Å². The molecular weight excluding hydrogens is 851 g/mol. The average molecular weight is 967 g/mol. The Labute approximate surface area is 428 Å². The monoisotopic (exact) mass is 966 g/mol. The van der Waals surface area contributed by atoms with Gasteiger partial charge in [-0.1, -0.05) is 306 Å². The highest BCUT2D eigenvalue weighted by molar-refractivity contribution is 5.77. The summed E-state index contributed by atoms with van der Waals surface area (Å²) >= 11 is 0. The topological polar surface area (TPSA) is 95.9 Å². The van der Waals surface area contributed by atoms with Gasteiger partial charge in [-0.05, 0) is 44.9 Å². The van der Waals surface area contributed by atoms with Crippen LogP contribution in [-0.2, 0) is 14.3 Å². The number of hydrogen-bond donors (Lipinski definition) is 3. The Kier molecular flexibility index (Phi) is 54.5. The molecule has 0 aliphatic carbocycles. The Balaban J connectivity index is 4.59. The van der Waals surface area contributed by atoms with Gasteiger partial charge in [0.05, 0.1) is 25.2 Å². The van der Waals surface area contributed by atoms with Gasteiger partial charge in [0.25, 0.3) is 0 Å². The number of amides is 1. The zero-order valence-electron chi connectivity index (χ0n) is 45.9. The predicted molar refractivity (Wildman–Crippen MR) is 301 cm³/mol. The van der Waals surface area contributed by atoms with Gasteiger partial charge in [0.2, 0.25) is 5.91 Å². The SMILES string of the molecule is CCC/C=C/C=C/C=C/C=C/C=C/CCCCCC(CC(=O)NC(CO)C(O)CCCCCCCCCCCCCCCCC)OC(=O)CCCCCCCCCCCCCCCCCCCCC. The van der Waals surface area contributed by atoms with Crippen LogP contribution in [-0.4, -0.2) is 46.9 Å². The van der Waals surface area contributed by atoms with E-state index in [9.17, 15) is 19.8 Å². The summed E-state index contributed by atoms with van der Waals surface area (Å²) in [6.45, 7) is 6.42. The fourth-order valence-electron chi connectivity index (χ4n) is 9.17. The van der Waals surface area contributed by atoms with Crippen LogP contribution in [0, 0.1) is 0 Å². The Morgan fingerprint density at radius 2 is 0.768 bits per heavy atom. The molecule has 3 N–H and O–H groups in total. The van der Waals surface area contributed by atoms with E-state index in [-0.39, 0.29) is 24.9 Å². The molecule has 0 spiro atoms. The van der Waals surface area contributed by atoms with E-state index in [1.165, 1.54) is 186 Å². The maximum atomic E-state index is 13.3. The molecule has 0 saturated carbocycles. The van der Waals surface area contributed by atoms with Crippen LogP contribution in [0.1, 0.15) is 303 Å². The average Bonchev–Trinajstić information content (AvgIpc) is 3.34. The van der Waals surface area contributed by atoms with E-state index >= 15 is 0 Å². The van der Waals surface area contributed by atoms with Gasteiger partial charge >= 0.3 is 5.97 Å². The van der Waals surface area contributed by atoms with Crippen LogP contribution in [0.4, 0.5) is 0 Å². The van der Waals surface area contributed by atoms with Crippen molar-refractivity contribution in [3.05, 3.63) is 60.8 Å². The fourth-order valence-corrected chi connectivity index (χ4v) is 9.17. The van der Waals surface area contributed by atoms with Crippen LogP contribution in [0.25, 0.3) is 0 Å². The molecular formula is C63H115NO5. The molecule has 0 bridgehead atoms. The number of hydrogen-bond acceptors (Lipinski definition) is 5. The molecule has 0 aliphatic rings. The highest BCUT2D eigenvalue weighted by Crippen LogP contribution is 2.19. The molecule has 0 aromatic carbocycles. The third-order valence-electron chi connectivity index (χ3n) is 13.7. The van der Waals surface area contributed by atoms with E-state index < -0.39 is 18.2 Å². The van der Waals surface area contributed by atoms with Crippen molar-refractivity contribution in [3.63, 3.8) is 0 Å². The summed E-state index contributed by atoms with van der Waals surface area (Å²) in [6.07, 6.45) is 71.5. The second-order valence-electron chi connectivity index (χ2n) is 20.5. The number of rotatable bonds is 54. The van der Waals surface area contributed by atoms with E-state index in [0.717, 1.165) is 70.6 Å². The number of carbonyl (C=O) groups is 2. The maximum Gasteiger partial charge on any atom is 0.306 e. The van der Waals surface area contributed by atoms with E-state index in [0.29, 0.717) is 19.3 Å².